The van der Waals surface area contributed by atoms with Crippen LogP contribution in [0.3, 0.4) is 0 Å². The fraction of sp³-hybridized carbons (Fsp3) is 0.786. The molecule has 0 saturated carbocycles. The predicted octanol–water partition coefficient (Wildman–Crippen LogP) is 0.735. The Kier molecular flexibility index (Phi) is 8.06. The summed E-state index contributed by atoms with van der Waals surface area (Å²) in [6.45, 7) is 7.62. The number of hydrogen-bond acceptors (Lipinski definition) is 4. The van der Waals surface area contributed by atoms with E-state index in [-0.39, 0.29) is 23.6 Å². The molecule has 0 aliphatic carbocycles. The molecule has 0 aromatic carbocycles. The van der Waals surface area contributed by atoms with Crippen LogP contribution in [-0.4, -0.2) is 35.7 Å². The predicted molar refractivity (Wildman–Crippen MR) is 81.5 cm³/mol. The molecule has 0 aliphatic rings. The summed E-state index contributed by atoms with van der Waals surface area (Å²) >= 11 is 0. The largest absolute Gasteiger partial charge is 0.370 e. The van der Waals surface area contributed by atoms with Crippen molar-refractivity contribution in [3.8, 4) is 0 Å². The van der Waals surface area contributed by atoms with Gasteiger partial charge in [0.2, 0.25) is 0 Å². The smallest absolute Gasteiger partial charge is 0.185 e. The minimum Gasteiger partial charge on any atom is -0.370 e. The van der Waals surface area contributed by atoms with E-state index < -0.39 is 5.54 Å². The zero-order chi connectivity index (χ0) is 15.8. The normalized spacial score (nSPS) is 15.2. The molecule has 0 saturated heterocycles. The van der Waals surface area contributed by atoms with Crippen molar-refractivity contribution in [3.05, 3.63) is 0 Å². The Morgan fingerprint density at radius 3 is 2.30 bits per heavy atom. The number of nitrogens with zero attached hydrogens (tertiary/aromatic N) is 1. The summed E-state index contributed by atoms with van der Waals surface area (Å²) in [5, 5.41) is 3.21. The van der Waals surface area contributed by atoms with E-state index in [4.69, 9.17) is 11.5 Å². The molecule has 6 nitrogen and oxygen atoms in total. The quantitative estimate of drug-likeness (QED) is 0.311. The number of carbonyl (C=O) groups is 2. The van der Waals surface area contributed by atoms with Gasteiger partial charge >= 0.3 is 0 Å². The lowest BCUT2D eigenvalue weighted by Gasteiger charge is -2.31. The summed E-state index contributed by atoms with van der Waals surface area (Å²) < 4.78 is 0. The van der Waals surface area contributed by atoms with E-state index in [0.29, 0.717) is 32.2 Å². The van der Waals surface area contributed by atoms with Crippen molar-refractivity contribution < 1.29 is 9.59 Å². The number of rotatable bonds is 10. The number of aliphatic imine (C=N–C) groups is 1. The number of nitrogens with two attached hydrogens (primary N) is 2. The van der Waals surface area contributed by atoms with E-state index >= 15 is 0 Å². The van der Waals surface area contributed by atoms with Crippen molar-refractivity contribution in [2.75, 3.05) is 6.54 Å². The van der Waals surface area contributed by atoms with Crippen LogP contribution in [0.25, 0.3) is 0 Å². The summed E-state index contributed by atoms with van der Waals surface area (Å²) in [7, 11) is 0. The zero-order valence-corrected chi connectivity index (χ0v) is 13.0. The Morgan fingerprint density at radius 1 is 1.30 bits per heavy atom. The second-order valence-corrected chi connectivity index (χ2v) is 5.21. The van der Waals surface area contributed by atoms with Crippen LogP contribution in [0, 0.1) is 0 Å². The van der Waals surface area contributed by atoms with Gasteiger partial charge in [-0.15, -0.1) is 0 Å². The maximum atomic E-state index is 12.0. The summed E-state index contributed by atoms with van der Waals surface area (Å²) in [6.07, 6.45) is 2.40. The molecule has 0 rings (SSSR count). The number of carbonyl (C=O) groups excluding carboxylic acids is 2. The van der Waals surface area contributed by atoms with E-state index in [1.54, 1.807) is 6.92 Å². The fourth-order valence-electron chi connectivity index (χ4n) is 1.90. The van der Waals surface area contributed by atoms with Gasteiger partial charge < -0.3 is 11.5 Å². The molecule has 5 N–H and O–H groups in total. The molecule has 0 radical (unpaired) electrons. The summed E-state index contributed by atoms with van der Waals surface area (Å²) in [5.41, 5.74) is 9.86. The molecule has 2 atom stereocenters. The van der Waals surface area contributed by atoms with E-state index in [2.05, 4.69) is 10.3 Å². The van der Waals surface area contributed by atoms with Gasteiger partial charge in [0.25, 0.3) is 0 Å². The molecule has 1 unspecified atom stereocenters. The van der Waals surface area contributed by atoms with Crippen LogP contribution < -0.4 is 16.8 Å². The van der Waals surface area contributed by atoms with Crippen LogP contribution in [0.2, 0.25) is 0 Å². The summed E-state index contributed by atoms with van der Waals surface area (Å²) in [4.78, 5) is 27.6. The maximum absolute atomic E-state index is 12.0. The average Bonchev–Trinajstić information content (AvgIpc) is 2.40. The number of hydrogen-bond donors (Lipinski definition) is 3. The molecule has 6 heteroatoms. The Bertz CT molecular complexity index is 364. The number of ketones is 2. The van der Waals surface area contributed by atoms with Gasteiger partial charge in [0.15, 0.2) is 5.96 Å². The fourth-order valence-corrected chi connectivity index (χ4v) is 1.90. The van der Waals surface area contributed by atoms with Gasteiger partial charge in [-0.25, -0.2) is 0 Å². The first-order valence-electron chi connectivity index (χ1n) is 7.13. The molecule has 0 spiro atoms. The summed E-state index contributed by atoms with van der Waals surface area (Å²) in [5.74, 6) is 0.201. The third-order valence-electron chi connectivity index (χ3n) is 3.66. The van der Waals surface area contributed by atoms with Crippen molar-refractivity contribution >= 4 is 17.5 Å². The topological polar surface area (TPSA) is 111 Å². The minimum absolute atomic E-state index is 0.0399. The first-order chi connectivity index (χ1) is 9.26. The molecule has 0 bridgehead atoms. The van der Waals surface area contributed by atoms with Gasteiger partial charge in [-0.05, 0) is 33.1 Å². The Hall–Kier alpha value is -1.43. The Balaban J connectivity index is 4.69. The van der Waals surface area contributed by atoms with Crippen LogP contribution in [0.5, 0.6) is 0 Å². The second kappa shape index (κ2) is 8.68. The highest BCUT2D eigenvalue weighted by Crippen LogP contribution is 2.14. The standard InChI is InChI=1S/C14H28N4O2/c1-5-12(20)11(8-7-9-17-13(15)16)18-14(4,6-2)10(3)19/h11,18H,5-9H2,1-4H3,(H4,15,16,17)/t11?,14-/m0/s1. The Morgan fingerprint density at radius 2 is 1.90 bits per heavy atom. The Labute approximate surface area is 121 Å². The van der Waals surface area contributed by atoms with E-state index in [0.717, 1.165) is 0 Å². The number of nitrogens with one attached hydrogen (secondary N) is 1. The van der Waals surface area contributed by atoms with Crippen LogP contribution >= 0.6 is 0 Å². The van der Waals surface area contributed by atoms with Crippen LogP contribution in [0.15, 0.2) is 4.99 Å². The first kappa shape index (κ1) is 18.6. The summed E-state index contributed by atoms with van der Waals surface area (Å²) in [6, 6.07) is -0.331. The molecule has 0 heterocycles. The zero-order valence-electron chi connectivity index (χ0n) is 13.0. The molecule has 0 aromatic heterocycles. The van der Waals surface area contributed by atoms with Crippen molar-refractivity contribution in [3.63, 3.8) is 0 Å². The highest BCUT2D eigenvalue weighted by molar-refractivity contribution is 5.88. The van der Waals surface area contributed by atoms with Crippen molar-refractivity contribution in [1.29, 1.82) is 0 Å². The average molecular weight is 284 g/mol. The molecule has 0 amide bonds. The van der Waals surface area contributed by atoms with Crippen LogP contribution in [0.4, 0.5) is 0 Å². The van der Waals surface area contributed by atoms with Gasteiger partial charge in [0.05, 0.1) is 11.6 Å². The molecule has 116 valence electrons. The van der Waals surface area contributed by atoms with E-state index in [1.807, 2.05) is 20.8 Å². The first-order valence-corrected chi connectivity index (χ1v) is 7.13. The lowest BCUT2D eigenvalue weighted by Crippen LogP contribution is -2.55. The van der Waals surface area contributed by atoms with E-state index in [1.165, 1.54) is 0 Å². The van der Waals surface area contributed by atoms with Crippen LogP contribution in [0.1, 0.15) is 53.4 Å². The minimum atomic E-state index is -0.661. The number of Topliss-reactive ketones (excluding diaryl/α,β-unsaturated/α-hetero) is 2. The molecule has 20 heavy (non-hydrogen) atoms. The molecule has 0 aromatic rings. The molecular formula is C14H28N4O2. The van der Waals surface area contributed by atoms with Gasteiger partial charge in [0, 0.05) is 13.0 Å². The maximum Gasteiger partial charge on any atom is 0.185 e. The van der Waals surface area contributed by atoms with E-state index in [9.17, 15) is 9.59 Å². The van der Waals surface area contributed by atoms with Crippen molar-refractivity contribution in [2.24, 2.45) is 16.5 Å². The highest BCUT2D eigenvalue weighted by Gasteiger charge is 2.32. The molecular weight excluding hydrogens is 256 g/mol. The molecule has 0 aliphatic heterocycles. The monoisotopic (exact) mass is 284 g/mol. The van der Waals surface area contributed by atoms with Gasteiger partial charge in [0.1, 0.15) is 11.6 Å². The third kappa shape index (κ3) is 6.14. The highest BCUT2D eigenvalue weighted by atomic mass is 16.1. The van der Waals surface area contributed by atoms with Crippen LogP contribution in [-0.2, 0) is 9.59 Å². The lowest BCUT2D eigenvalue weighted by molar-refractivity contribution is -0.125. The third-order valence-corrected chi connectivity index (χ3v) is 3.66. The van der Waals surface area contributed by atoms with Crippen molar-refractivity contribution in [1.82, 2.24) is 5.32 Å². The van der Waals surface area contributed by atoms with Gasteiger partial charge in [-0.3, -0.25) is 19.9 Å². The second-order valence-electron chi connectivity index (χ2n) is 5.21. The number of guanidine groups is 1. The van der Waals surface area contributed by atoms with Gasteiger partial charge in [-0.1, -0.05) is 13.8 Å². The van der Waals surface area contributed by atoms with Gasteiger partial charge in [-0.2, -0.15) is 0 Å². The molecule has 0 fully saturated rings. The SMILES string of the molecule is CCC(=O)C(CCCN=C(N)N)N[C@@](C)(CC)C(C)=O. The van der Waals surface area contributed by atoms with Crippen molar-refractivity contribution in [2.45, 2.75) is 65.0 Å². The lowest BCUT2D eigenvalue weighted by atomic mass is 9.91.